The SMILES string of the molecule is Cc1ccc(N2C(=O)CCC[C@H]2c2nc3cc(-c4c(C)noc4C)ccc3n2C2CC(F)(F)C2)cc1Cl. The Labute approximate surface area is 218 Å². The number of carbonyl (C=O) groups is 1. The van der Waals surface area contributed by atoms with Crippen LogP contribution < -0.4 is 4.90 Å². The summed E-state index contributed by atoms with van der Waals surface area (Å²) in [6, 6.07) is 10.6. The number of benzene rings is 2. The maximum atomic E-state index is 14.0. The van der Waals surface area contributed by atoms with Crippen molar-refractivity contribution in [1.29, 1.82) is 0 Å². The fourth-order valence-electron chi connectivity index (χ4n) is 5.77. The molecular formula is C28H27ClF2N4O2. The van der Waals surface area contributed by atoms with E-state index in [-0.39, 0.29) is 30.8 Å². The lowest BCUT2D eigenvalue weighted by Gasteiger charge is -2.40. The van der Waals surface area contributed by atoms with Crippen LogP contribution in [0.2, 0.25) is 5.02 Å². The number of fused-ring (bicyclic) bond motifs is 1. The zero-order chi connectivity index (χ0) is 26.1. The molecule has 0 unspecified atom stereocenters. The van der Waals surface area contributed by atoms with Gasteiger partial charge < -0.3 is 14.0 Å². The van der Waals surface area contributed by atoms with Gasteiger partial charge in [-0.3, -0.25) is 4.79 Å². The summed E-state index contributed by atoms with van der Waals surface area (Å²) in [5, 5.41) is 4.64. The van der Waals surface area contributed by atoms with E-state index in [2.05, 4.69) is 5.16 Å². The monoisotopic (exact) mass is 524 g/mol. The second kappa shape index (κ2) is 8.65. The lowest BCUT2D eigenvalue weighted by atomic mass is 9.87. The Bertz CT molecular complexity index is 1520. The zero-order valence-electron chi connectivity index (χ0n) is 20.9. The van der Waals surface area contributed by atoms with Crippen molar-refractivity contribution in [1.82, 2.24) is 14.7 Å². The van der Waals surface area contributed by atoms with Crippen molar-refractivity contribution in [3.8, 4) is 11.1 Å². The van der Waals surface area contributed by atoms with Crippen molar-refractivity contribution in [3.05, 3.63) is 64.3 Å². The molecule has 1 amide bonds. The molecule has 1 saturated heterocycles. The van der Waals surface area contributed by atoms with Gasteiger partial charge in [-0.1, -0.05) is 28.9 Å². The van der Waals surface area contributed by atoms with E-state index in [1.165, 1.54) is 0 Å². The van der Waals surface area contributed by atoms with E-state index in [0.717, 1.165) is 27.9 Å². The molecule has 3 heterocycles. The molecule has 1 atom stereocenters. The van der Waals surface area contributed by atoms with E-state index >= 15 is 0 Å². The second-order valence-corrected chi connectivity index (χ2v) is 10.7. The first-order valence-electron chi connectivity index (χ1n) is 12.5. The van der Waals surface area contributed by atoms with Crippen LogP contribution in [0.3, 0.4) is 0 Å². The summed E-state index contributed by atoms with van der Waals surface area (Å²) in [5.41, 5.74) is 5.67. The fourth-order valence-corrected chi connectivity index (χ4v) is 5.94. The molecule has 2 aliphatic rings. The molecule has 0 radical (unpaired) electrons. The number of hydrogen-bond acceptors (Lipinski definition) is 4. The molecule has 6 rings (SSSR count). The van der Waals surface area contributed by atoms with Gasteiger partial charge in [0.25, 0.3) is 5.92 Å². The molecule has 4 aromatic rings. The van der Waals surface area contributed by atoms with Crippen LogP contribution in [0.5, 0.6) is 0 Å². The van der Waals surface area contributed by atoms with E-state index < -0.39 is 5.92 Å². The minimum absolute atomic E-state index is 0.0230. The number of aromatic nitrogens is 3. The quantitative estimate of drug-likeness (QED) is 0.277. The van der Waals surface area contributed by atoms with E-state index in [4.69, 9.17) is 21.1 Å². The highest BCUT2D eigenvalue weighted by Gasteiger charge is 2.48. The van der Waals surface area contributed by atoms with E-state index in [0.29, 0.717) is 47.1 Å². The standard InChI is InChI=1S/C28H27ClF2N4O2/c1-15-7-9-19(12-21(15)29)34-24(5-4-6-25(34)36)27-32-22-11-18(26-16(2)33-37-17(26)3)8-10-23(22)35(27)20-13-28(30,31)14-20/h7-12,20,24H,4-6,13-14H2,1-3H3/t24-/m0/s1. The van der Waals surface area contributed by atoms with Crippen molar-refractivity contribution in [2.45, 2.75) is 70.9 Å². The van der Waals surface area contributed by atoms with Crippen molar-refractivity contribution in [3.63, 3.8) is 0 Å². The molecule has 2 aromatic carbocycles. The number of halogens is 3. The highest BCUT2D eigenvalue weighted by Crippen LogP contribution is 2.49. The Kier molecular flexibility index (Phi) is 5.64. The summed E-state index contributed by atoms with van der Waals surface area (Å²) in [6.45, 7) is 5.65. The van der Waals surface area contributed by atoms with Gasteiger partial charge in [-0.25, -0.2) is 13.8 Å². The van der Waals surface area contributed by atoms with Crippen molar-refractivity contribution in [2.75, 3.05) is 4.90 Å². The van der Waals surface area contributed by atoms with Crippen LogP contribution in [0, 0.1) is 20.8 Å². The first-order chi connectivity index (χ1) is 17.6. The largest absolute Gasteiger partial charge is 0.361 e. The number of hydrogen-bond donors (Lipinski definition) is 0. The first kappa shape index (κ1) is 24.1. The third-order valence-corrected chi connectivity index (χ3v) is 8.06. The minimum Gasteiger partial charge on any atom is -0.361 e. The normalized spacial score (nSPS) is 20.0. The van der Waals surface area contributed by atoms with Gasteiger partial charge in [0.05, 0.1) is 22.8 Å². The Morgan fingerprint density at radius 1 is 1.11 bits per heavy atom. The molecule has 6 nitrogen and oxygen atoms in total. The Morgan fingerprint density at radius 3 is 2.57 bits per heavy atom. The predicted molar refractivity (Wildman–Crippen MR) is 138 cm³/mol. The number of rotatable bonds is 4. The summed E-state index contributed by atoms with van der Waals surface area (Å²) in [7, 11) is 0. The predicted octanol–water partition coefficient (Wildman–Crippen LogP) is 7.50. The van der Waals surface area contributed by atoms with Gasteiger partial charge in [0.15, 0.2) is 0 Å². The number of nitrogens with zero attached hydrogens (tertiary/aromatic N) is 4. The molecule has 0 spiro atoms. The Morgan fingerprint density at radius 2 is 1.89 bits per heavy atom. The van der Waals surface area contributed by atoms with Gasteiger partial charge in [0, 0.05) is 41.6 Å². The molecular weight excluding hydrogens is 498 g/mol. The number of carbonyl (C=O) groups excluding carboxylic acids is 1. The third kappa shape index (κ3) is 4.02. The van der Waals surface area contributed by atoms with Gasteiger partial charge in [-0.05, 0) is 69.0 Å². The van der Waals surface area contributed by atoms with Crippen molar-refractivity contribution in [2.24, 2.45) is 0 Å². The molecule has 0 N–H and O–H groups in total. The molecule has 37 heavy (non-hydrogen) atoms. The highest BCUT2D eigenvalue weighted by atomic mass is 35.5. The van der Waals surface area contributed by atoms with Crippen LogP contribution in [0.25, 0.3) is 22.2 Å². The summed E-state index contributed by atoms with van der Waals surface area (Å²) in [6.07, 6.45) is 1.32. The third-order valence-electron chi connectivity index (χ3n) is 7.65. The van der Waals surface area contributed by atoms with Gasteiger partial charge in [0.2, 0.25) is 5.91 Å². The molecule has 1 aliphatic heterocycles. The van der Waals surface area contributed by atoms with Gasteiger partial charge in [-0.2, -0.15) is 0 Å². The van der Waals surface area contributed by atoms with Crippen LogP contribution in [-0.4, -0.2) is 26.5 Å². The summed E-state index contributed by atoms with van der Waals surface area (Å²) in [5.74, 6) is -1.38. The van der Waals surface area contributed by atoms with Gasteiger partial charge in [0.1, 0.15) is 11.6 Å². The number of alkyl halides is 2. The lowest BCUT2D eigenvalue weighted by molar-refractivity contribution is -0.120. The average molecular weight is 525 g/mol. The van der Waals surface area contributed by atoms with E-state index in [1.54, 1.807) is 11.0 Å². The van der Waals surface area contributed by atoms with E-state index in [9.17, 15) is 13.6 Å². The highest BCUT2D eigenvalue weighted by molar-refractivity contribution is 6.31. The smallest absolute Gasteiger partial charge is 0.252 e. The molecule has 192 valence electrons. The summed E-state index contributed by atoms with van der Waals surface area (Å²) >= 11 is 6.42. The molecule has 1 aliphatic carbocycles. The number of piperidine rings is 1. The second-order valence-electron chi connectivity index (χ2n) is 10.3. The summed E-state index contributed by atoms with van der Waals surface area (Å²) in [4.78, 5) is 20.0. The van der Waals surface area contributed by atoms with Crippen LogP contribution >= 0.6 is 11.6 Å². The van der Waals surface area contributed by atoms with Crippen LogP contribution in [-0.2, 0) is 4.79 Å². The van der Waals surface area contributed by atoms with Gasteiger partial charge >= 0.3 is 0 Å². The van der Waals surface area contributed by atoms with Crippen molar-refractivity contribution < 1.29 is 18.1 Å². The average Bonchev–Trinajstić information content (AvgIpc) is 3.37. The maximum absolute atomic E-state index is 14.0. The molecule has 1 saturated carbocycles. The van der Waals surface area contributed by atoms with Crippen LogP contribution in [0.15, 0.2) is 40.9 Å². The van der Waals surface area contributed by atoms with Gasteiger partial charge in [-0.15, -0.1) is 0 Å². The Hall–Kier alpha value is -3.26. The number of amides is 1. The van der Waals surface area contributed by atoms with E-state index in [1.807, 2.05) is 55.7 Å². The van der Waals surface area contributed by atoms with Crippen LogP contribution in [0.1, 0.15) is 67.0 Å². The number of anilines is 1. The Balaban J connectivity index is 1.51. The molecule has 0 bridgehead atoms. The maximum Gasteiger partial charge on any atom is 0.252 e. The topological polar surface area (TPSA) is 64.2 Å². The first-order valence-corrected chi connectivity index (χ1v) is 12.9. The molecule has 9 heteroatoms. The molecule has 2 aromatic heterocycles. The lowest BCUT2D eigenvalue weighted by Crippen LogP contribution is -2.42. The molecule has 2 fully saturated rings. The van der Waals surface area contributed by atoms with Crippen molar-refractivity contribution >= 4 is 34.2 Å². The number of imidazole rings is 1. The van der Waals surface area contributed by atoms with Crippen LogP contribution in [0.4, 0.5) is 14.5 Å². The number of aryl methyl sites for hydroxylation is 3. The summed E-state index contributed by atoms with van der Waals surface area (Å²) < 4.78 is 35.4. The zero-order valence-corrected chi connectivity index (χ0v) is 21.6. The minimum atomic E-state index is -2.69. The fraction of sp³-hybridized carbons (Fsp3) is 0.393.